The lowest BCUT2D eigenvalue weighted by molar-refractivity contribution is -0.130. The molecule has 18 heavy (non-hydrogen) atoms. The monoisotopic (exact) mass is 253 g/mol. The Balaban J connectivity index is 2.73. The quantitative estimate of drug-likeness (QED) is 0.869. The molecule has 0 saturated carbocycles. The highest BCUT2D eigenvalue weighted by Crippen LogP contribution is 2.15. The summed E-state index contributed by atoms with van der Waals surface area (Å²) in [6, 6.07) is 2.68. The number of hydrogen-bond donors (Lipinski definition) is 1. The van der Waals surface area contributed by atoms with Gasteiger partial charge in [0.25, 0.3) is 0 Å². The minimum absolute atomic E-state index is 0.00978. The zero-order valence-electron chi connectivity index (χ0n) is 11.3. The third kappa shape index (κ3) is 3.77. The predicted octanol–water partition coefficient (Wildman–Crippen LogP) is 1.74. The van der Waals surface area contributed by atoms with Crippen LogP contribution in [0.5, 0.6) is 0 Å². The van der Waals surface area contributed by atoms with Gasteiger partial charge < -0.3 is 4.90 Å². The van der Waals surface area contributed by atoms with E-state index in [4.69, 9.17) is 0 Å². The molecule has 0 bridgehead atoms. The van der Waals surface area contributed by atoms with E-state index in [0.29, 0.717) is 0 Å². The van der Waals surface area contributed by atoms with Crippen molar-refractivity contribution in [2.24, 2.45) is 0 Å². The van der Waals surface area contributed by atoms with E-state index in [0.717, 1.165) is 12.1 Å². The molecule has 100 valence electrons. The van der Waals surface area contributed by atoms with Crippen LogP contribution in [0.2, 0.25) is 0 Å². The van der Waals surface area contributed by atoms with Crippen molar-refractivity contribution in [3.8, 4) is 0 Å². The van der Waals surface area contributed by atoms with Crippen molar-refractivity contribution in [2.45, 2.75) is 32.4 Å². The summed E-state index contributed by atoms with van der Waals surface area (Å²) in [6.07, 6.45) is 1.97. The van der Waals surface area contributed by atoms with Crippen LogP contribution < -0.4 is 5.32 Å². The largest absolute Gasteiger partial charge is 0.347 e. The maximum atomic E-state index is 12.8. The summed E-state index contributed by atoms with van der Waals surface area (Å²) in [6.45, 7) is 3.81. The van der Waals surface area contributed by atoms with E-state index in [1.54, 1.807) is 25.1 Å². The highest BCUT2D eigenvalue weighted by molar-refractivity contribution is 5.80. The van der Waals surface area contributed by atoms with E-state index in [-0.39, 0.29) is 23.8 Å². The van der Waals surface area contributed by atoms with Crippen LogP contribution in [-0.2, 0) is 4.79 Å². The first kappa shape index (κ1) is 14.6. The highest BCUT2D eigenvalue weighted by atomic mass is 19.1. The first-order valence-corrected chi connectivity index (χ1v) is 6.04. The Labute approximate surface area is 107 Å². The SMILES string of the molecule is CCC(NC(C)C(=O)N(C)C)c1ccc(F)cn1. The third-order valence-electron chi connectivity index (χ3n) is 2.78. The van der Waals surface area contributed by atoms with Gasteiger partial charge in [0.2, 0.25) is 5.91 Å². The van der Waals surface area contributed by atoms with Crippen molar-refractivity contribution in [1.82, 2.24) is 15.2 Å². The molecule has 5 heteroatoms. The van der Waals surface area contributed by atoms with Crippen LogP contribution in [-0.4, -0.2) is 35.9 Å². The molecule has 1 heterocycles. The van der Waals surface area contributed by atoms with Crippen LogP contribution in [0.15, 0.2) is 18.3 Å². The van der Waals surface area contributed by atoms with E-state index in [1.165, 1.54) is 12.3 Å². The van der Waals surface area contributed by atoms with Crippen LogP contribution in [0.3, 0.4) is 0 Å². The molecule has 0 aliphatic rings. The molecule has 1 aromatic heterocycles. The zero-order valence-corrected chi connectivity index (χ0v) is 11.3. The summed E-state index contributed by atoms with van der Waals surface area (Å²) in [7, 11) is 3.44. The molecule has 0 aromatic carbocycles. The molecule has 0 aliphatic carbocycles. The van der Waals surface area contributed by atoms with Crippen molar-refractivity contribution in [2.75, 3.05) is 14.1 Å². The number of carbonyl (C=O) groups excluding carboxylic acids is 1. The fourth-order valence-corrected chi connectivity index (χ4v) is 1.77. The molecule has 1 amide bonds. The number of nitrogens with zero attached hydrogens (tertiary/aromatic N) is 2. The van der Waals surface area contributed by atoms with Gasteiger partial charge in [-0.05, 0) is 25.5 Å². The lowest BCUT2D eigenvalue weighted by Gasteiger charge is -2.23. The Morgan fingerprint density at radius 3 is 2.61 bits per heavy atom. The summed E-state index contributed by atoms with van der Waals surface area (Å²) in [5.74, 6) is -0.346. The number of rotatable bonds is 5. The average molecular weight is 253 g/mol. The molecule has 1 N–H and O–H groups in total. The molecule has 2 unspecified atom stereocenters. The Kier molecular flexibility index (Phi) is 5.22. The van der Waals surface area contributed by atoms with Crippen molar-refractivity contribution in [3.05, 3.63) is 29.8 Å². The summed E-state index contributed by atoms with van der Waals surface area (Å²) in [4.78, 5) is 17.4. The maximum Gasteiger partial charge on any atom is 0.238 e. The summed E-state index contributed by atoms with van der Waals surface area (Å²) < 4.78 is 12.8. The van der Waals surface area contributed by atoms with Gasteiger partial charge in [0.15, 0.2) is 0 Å². The summed E-state index contributed by atoms with van der Waals surface area (Å²) >= 11 is 0. The van der Waals surface area contributed by atoms with E-state index in [1.807, 2.05) is 13.8 Å². The van der Waals surface area contributed by atoms with Crippen LogP contribution in [0.25, 0.3) is 0 Å². The molecule has 0 spiro atoms. The molecule has 1 rings (SSSR count). The number of likely N-dealkylation sites (N-methyl/N-ethyl adjacent to an activating group) is 1. The standard InChI is InChI=1S/C13H20FN3O/c1-5-11(12-7-6-10(14)8-15-12)16-9(2)13(18)17(3)4/h6-9,11,16H,5H2,1-4H3. The van der Waals surface area contributed by atoms with Crippen LogP contribution in [0, 0.1) is 5.82 Å². The second-order valence-corrected chi connectivity index (χ2v) is 4.48. The van der Waals surface area contributed by atoms with Crippen molar-refractivity contribution in [1.29, 1.82) is 0 Å². The molecule has 0 saturated heterocycles. The zero-order chi connectivity index (χ0) is 13.7. The molecular formula is C13H20FN3O. The maximum absolute atomic E-state index is 12.8. The van der Waals surface area contributed by atoms with Gasteiger partial charge in [-0.15, -0.1) is 0 Å². The number of amides is 1. The second-order valence-electron chi connectivity index (χ2n) is 4.48. The van der Waals surface area contributed by atoms with Crippen molar-refractivity contribution in [3.63, 3.8) is 0 Å². The van der Waals surface area contributed by atoms with Gasteiger partial charge in [0, 0.05) is 20.1 Å². The van der Waals surface area contributed by atoms with E-state index in [2.05, 4.69) is 10.3 Å². The Bertz CT molecular complexity index is 392. The molecule has 2 atom stereocenters. The van der Waals surface area contributed by atoms with Crippen LogP contribution >= 0.6 is 0 Å². The van der Waals surface area contributed by atoms with Gasteiger partial charge in [0.1, 0.15) is 5.82 Å². The summed E-state index contributed by atoms with van der Waals surface area (Å²) in [5.41, 5.74) is 0.748. The third-order valence-corrected chi connectivity index (χ3v) is 2.78. The molecular weight excluding hydrogens is 233 g/mol. The minimum Gasteiger partial charge on any atom is -0.347 e. The number of hydrogen-bond acceptors (Lipinski definition) is 3. The van der Waals surface area contributed by atoms with Gasteiger partial charge in [-0.1, -0.05) is 6.92 Å². The topological polar surface area (TPSA) is 45.2 Å². The van der Waals surface area contributed by atoms with Crippen LogP contribution in [0.1, 0.15) is 32.0 Å². The fraction of sp³-hybridized carbons (Fsp3) is 0.538. The van der Waals surface area contributed by atoms with Crippen molar-refractivity contribution >= 4 is 5.91 Å². The van der Waals surface area contributed by atoms with Gasteiger partial charge in [0.05, 0.1) is 17.9 Å². The molecule has 0 aliphatic heterocycles. The van der Waals surface area contributed by atoms with E-state index in [9.17, 15) is 9.18 Å². The lowest BCUT2D eigenvalue weighted by atomic mass is 10.1. The van der Waals surface area contributed by atoms with Crippen LogP contribution in [0.4, 0.5) is 4.39 Å². The number of aromatic nitrogens is 1. The summed E-state index contributed by atoms with van der Waals surface area (Å²) in [5, 5.41) is 3.21. The molecule has 1 aromatic rings. The Morgan fingerprint density at radius 1 is 1.50 bits per heavy atom. The Hall–Kier alpha value is -1.49. The van der Waals surface area contributed by atoms with Crippen molar-refractivity contribution < 1.29 is 9.18 Å². The Morgan fingerprint density at radius 2 is 2.17 bits per heavy atom. The van der Waals surface area contributed by atoms with Gasteiger partial charge in [-0.2, -0.15) is 0 Å². The van der Waals surface area contributed by atoms with Gasteiger partial charge in [-0.3, -0.25) is 15.1 Å². The fourth-order valence-electron chi connectivity index (χ4n) is 1.77. The normalized spacial score (nSPS) is 14.1. The minimum atomic E-state index is -0.356. The van der Waals surface area contributed by atoms with E-state index >= 15 is 0 Å². The number of nitrogens with one attached hydrogen (secondary N) is 1. The number of halogens is 1. The predicted molar refractivity (Wildman–Crippen MR) is 68.5 cm³/mol. The first-order chi connectivity index (χ1) is 8.45. The highest BCUT2D eigenvalue weighted by Gasteiger charge is 2.19. The smallest absolute Gasteiger partial charge is 0.238 e. The van der Waals surface area contributed by atoms with Gasteiger partial charge in [-0.25, -0.2) is 4.39 Å². The van der Waals surface area contributed by atoms with E-state index < -0.39 is 0 Å². The first-order valence-electron chi connectivity index (χ1n) is 6.04. The molecule has 4 nitrogen and oxygen atoms in total. The van der Waals surface area contributed by atoms with Gasteiger partial charge >= 0.3 is 0 Å². The average Bonchev–Trinajstić information content (AvgIpc) is 2.35. The molecule has 0 fully saturated rings. The lowest BCUT2D eigenvalue weighted by Crippen LogP contribution is -2.43. The number of pyridine rings is 1. The number of carbonyl (C=O) groups is 1. The molecule has 0 radical (unpaired) electrons. The second kappa shape index (κ2) is 6.44.